The van der Waals surface area contributed by atoms with E-state index in [1.54, 1.807) is 42.3 Å². The third-order valence-corrected chi connectivity index (χ3v) is 8.07. The molecule has 0 bridgehead atoms. The van der Waals surface area contributed by atoms with Crippen LogP contribution in [0.25, 0.3) is 16.9 Å². The van der Waals surface area contributed by atoms with E-state index in [4.69, 9.17) is 14.2 Å². The lowest BCUT2D eigenvalue weighted by Gasteiger charge is -2.15. The molecule has 0 spiro atoms. The van der Waals surface area contributed by atoms with Crippen LogP contribution in [-0.4, -0.2) is 51.5 Å². The fourth-order valence-electron chi connectivity index (χ4n) is 4.63. The third-order valence-electron chi connectivity index (χ3n) is 6.72. The standard InChI is InChI=1S/C29H29N3O6S/c1-36-25-8-10-26(11-9-25)39(34,35)31-29(33)21-3-6-24(7-4-21)32-27(13-15-30-32)22-5-12-28(37-2)23(18-22)17-20-14-16-38-19-20/h3-13,15,18,20H,14,16-17,19H2,1-2H3,(H,31,33)/t20-/m0/s1. The summed E-state index contributed by atoms with van der Waals surface area (Å²) in [5.74, 6) is 1.10. The van der Waals surface area contributed by atoms with Gasteiger partial charge in [0.15, 0.2) is 0 Å². The molecule has 1 atom stereocenters. The summed E-state index contributed by atoms with van der Waals surface area (Å²) in [6.07, 6.45) is 3.62. The predicted octanol–water partition coefficient (Wildman–Crippen LogP) is 4.25. The van der Waals surface area contributed by atoms with Crippen molar-refractivity contribution in [3.63, 3.8) is 0 Å². The highest BCUT2D eigenvalue weighted by molar-refractivity contribution is 7.90. The number of carbonyl (C=O) groups is 1. The molecule has 1 amide bonds. The topological polar surface area (TPSA) is 109 Å². The number of ether oxygens (including phenoxy) is 3. The maximum Gasteiger partial charge on any atom is 0.264 e. The van der Waals surface area contributed by atoms with Crippen LogP contribution in [0.15, 0.2) is 83.9 Å². The van der Waals surface area contributed by atoms with Crippen molar-refractivity contribution in [1.82, 2.24) is 14.5 Å². The second kappa shape index (κ2) is 11.3. The number of nitrogens with zero attached hydrogens (tertiary/aromatic N) is 2. The molecule has 1 N–H and O–H groups in total. The second-order valence-corrected chi connectivity index (χ2v) is 10.9. The first-order chi connectivity index (χ1) is 18.9. The summed E-state index contributed by atoms with van der Waals surface area (Å²) in [4.78, 5) is 12.7. The van der Waals surface area contributed by atoms with Gasteiger partial charge >= 0.3 is 0 Å². The molecular weight excluding hydrogens is 518 g/mol. The zero-order chi connectivity index (χ0) is 27.4. The van der Waals surface area contributed by atoms with Gasteiger partial charge in [0, 0.05) is 24.3 Å². The van der Waals surface area contributed by atoms with Crippen LogP contribution in [0.2, 0.25) is 0 Å². The molecule has 3 aromatic carbocycles. The van der Waals surface area contributed by atoms with Gasteiger partial charge in [0.25, 0.3) is 15.9 Å². The monoisotopic (exact) mass is 547 g/mol. The minimum atomic E-state index is -4.04. The molecule has 1 aromatic heterocycles. The molecule has 10 heteroatoms. The summed E-state index contributed by atoms with van der Waals surface area (Å²) in [5.41, 5.74) is 3.90. The Hall–Kier alpha value is -4.15. The van der Waals surface area contributed by atoms with Crippen LogP contribution in [0.3, 0.4) is 0 Å². The maximum absolute atomic E-state index is 12.7. The van der Waals surface area contributed by atoms with Gasteiger partial charge in [-0.25, -0.2) is 17.8 Å². The molecule has 5 rings (SSSR count). The van der Waals surface area contributed by atoms with E-state index in [1.807, 2.05) is 18.2 Å². The van der Waals surface area contributed by atoms with E-state index in [1.165, 1.54) is 31.4 Å². The fraction of sp³-hybridized carbons (Fsp3) is 0.241. The number of carbonyl (C=O) groups excluding carboxylic acids is 1. The van der Waals surface area contributed by atoms with Crippen molar-refractivity contribution < 1.29 is 27.4 Å². The second-order valence-electron chi connectivity index (χ2n) is 9.25. The lowest BCUT2D eigenvalue weighted by atomic mass is 9.96. The molecule has 2 heterocycles. The zero-order valence-corrected chi connectivity index (χ0v) is 22.5. The average molecular weight is 548 g/mol. The molecule has 4 aromatic rings. The van der Waals surface area contributed by atoms with Crippen LogP contribution in [-0.2, 0) is 21.2 Å². The van der Waals surface area contributed by atoms with Crippen LogP contribution in [0.5, 0.6) is 11.5 Å². The molecule has 0 unspecified atom stereocenters. The normalized spacial score (nSPS) is 15.2. The van der Waals surface area contributed by atoms with Crippen molar-refractivity contribution >= 4 is 15.9 Å². The first kappa shape index (κ1) is 26.5. The Morgan fingerprint density at radius 1 is 1.03 bits per heavy atom. The number of aromatic nitrogens is 2. The Morgan fingerprint density at radius 3 is 2.46 bits per heavy atom. The van der Waals surface area contributed by atoms with Crippen LogP contribution in [0.4, 0.5) is 0 Å². The number of nitrogens with one attached hydrogen (secondary N) is 1. The summed E-state index contributed by atoms with van der Waals surface area (Å²) < 4.78 is 45.4. The summed E-state index contributed by atoms with van der Waals surface area (Å²) >= 11 is 0. The van der Waals surface area contributed by atoms with Crippen molar-refractivity contribution in [3.8, 4) is 28.4 Å². The highest BCUT2D eigenvalue weighted by Gasteiger charge is 2.21. The molecule has 1 aliphatic rings. The average Bonchev–Trinajstić information content (AvgIpc) is 3.65. The molecule has 9 nitrogen and oxygen atoms in total. The van der Waals surface area contributed by atoms with Gasteiger partial charge < -0.3 is 14.2 Å². The quantitative estimate of drug-likeness (QED) is 0.334. The number of rotatable bonds is 9. The number of amides is 1. The van der Waals surface area contributed by atoms with E-state index in [0.29, 0.717) is 11.7 Å². The number of methoxy groups -OCH3 is 2. The Balaban J connectivity index is 1.35. The van der Waals surface area contributed by atoms with Crippen LogP contribution in [0, 0.1) is 5.92 Å². The van der Waals surface area contributed by atoms with Gasteiger partial charge in [-0.05, 0) is 97.1 Å². The fourth-order valence-corrected chi connectivity index (χ4v) is 5.60. The first-order valence-corrected chi connectivity index (χ1v) is 14.0. The third kappa shape index (κ3) is 5.81. The summed E-state index contributed by atoms with van der Waals surface area (Å²) in [5, 5.41) is 4.48. The van der Waals surface area contributed by atoms with Crippen LogP contribution in [0.1, 0.15) is 22.3 Å². The van der Waals surface area contributed by atoms with Crippen molar-refractivity contribution in [2.75, 3.05) is 27.4 Å². The number of hydrogen-bond donors (Lipinski definition) is 1. The van der Waals surface area contributed by atoms with Crippen molar-refractivity contribution in [2.45, 2.75) is 17.7 Å². The maximum atomic E-state index is 12.7. The molecule has 202 valence electrons. The van der Waals surface area contributed by atoms with Crippen molar-refractivity contribution in [1.29, 1.82) is 0 Å². The Labute approximate surface area is 227 Å². The Bertz CT molecular complexity index is 1560. The number of sulfonamides is 1. The molecule has 0 saturated carbocycles. The van der Waals surface area contributed by atoms with Gasteiger partial charge in [-0.15, -0.1) is 0 Å². The zero-order valence-electron chi connectivity index (χ0n) is 21.7. The van der Waals surface area contributed by atoms with E-state index in [0.717, 1.165) is 54.3 Å². The van der Waals surface area contributed by atoms with Crippen molar-refractivity contribution in [2.24, 2.45) is 5.92 Å². The smallest absolute Gasteiger partial charge is 0.264 e. The van der Waals surface area contributed by atoms with E-state index in [-0.39, 0.29) is 10.5 Å². The highest BCUT2D eigenvalue weighted by Crippen LogP contribution is 2.31. The van der Waals surface area contributed by atoms with Crippen LogP contribution < -0.4 is 14.2 Å². The van der Waals surface area contributed by atoms with E-state index < -0.39 is 15.9 Å². The largest absolute Gasteiger partial charge is 0.497 e. The van der Waals surface area contributed by atoms with Crippen LogP contribution >= 0.6 is 0 Å². The van der Waals surface area contributed by atoms with Gasteiger partial charge in [0.05, 0.1) is 36.7 Å². The molecule has 1 fully saturated rings. The SMILES string of the molecule is COc1ccc(S(=O)(=O)NC(=O)c2ccc(-n3nccc3-c3ccc(OC)c(C[C@@H]4CCOC4)c3)cc2)cc1. The van der Waals surface area contributed by atoms with Gasteiger partial charge in [-0.1, -0.05) is 0 Å². The first-order valence-electron chi connectivity index (χ1n) is 12.5. The number of hydrogen-bond acceptors (Lipinski definition) is 7. The molecule has 1 aliphatic heterocycles. The van der Waals surface area contributed by atoms with Crippen molar-refractivity contribution in [3.05, 3.63) is 90.1 Å². The predicted molar refractivity (Wildman–Crippen MR) is 146 cm³/mol. The van der Waals surface area contributed by atoms with Gasteiger partial charge in [-0.3, -0.25) is 4.79 Å². The molecule has 0 aliphatic carbocycles. The van der Waals surface area contributed by atoms with Gasteiger partial charge in [0.2, 0.25) is 0 Å². The van der Waals surface area contributed by atoms with Gasteiger partial charge in [0.1, 0.15) is 11.5 Å². The number of benzene rings is 3. The summed E-state index contributed by atoms with van der Waals surface area (Å²) in [6, 6.07) is 20.4. The highest BCUT2D eigenvalue weighted by atomic mass is 32.2. The van der Waals surface area contributed by atoms with Gasteiger partial charge in [-0.2, -0.15) is 5.10 Å². The van der Waals surface area contributed by atoms with E-state index in [9.17, 15) is 13.2 Å². The summed E-state index contributed by atoms with van der Waals surface area (Å²) in [6.45, 7) is 1.55. The molecule has 39 heavy (non-hydrogen) atoms. The summed E-state index contributed by atoms with van der Waals surface area (Å²) in [7, 11) is -0.875. The lowest BCUT2D eigenvalue weighted by Crippen LogP contribution is -2.30. The Morgan fingerprint density at radius 2 is 1.79 bits per heavy atom. The minimum Gasteiger partial charge on any atom is -0.497 e. The minimum absolute atomic E-state index is 0.0335. The lowest BCUT2D eigenvalue weighted by molar-refractivity contribution is 0.0981. The molecule has 0 radical (unpaired) electrons. The molecule has 1 saturated heterocycles. The van der Waals surface area contributed by atoms with E-state index >= 15 is 0 Å². The van der Waals surface area contributed by atoms with E-state index in [2.05, 4.69) is 15.9 Å². The molecular formula is C29H29N3O6S. The Kier molecular flexibility index (Phi) is 7.67.